The molecule has 4 rings (SSSR count). The smallest absolute Gasteiger partial charge is 0.232 e. The number of hydrogen-bond acceptors (Lipinski definition) is 5. The van der Waals surface area contributed by atoms with Gasteiger partial charge in [-0.05, 0) is 43.2 Å². The Morgan fingerprint density at radius 3 is 2.74 bits per heavy atom. The Kier molecular flexibility index (Phi) is 4.65. The molecule has 2 heterocycles. The molecule has 1 aliphatic heterocycles. The summed E-state index contributed by atoms with van der Waals surface area (Å²) in [6.45, 7) is 2.36. The number of para-hydroxylation sites is 1. The van der Waals surface area contributed by atoms with Crippen LogP contribution in [0.15, 0.2) is 53.9 Å². The van der Waals surface area contributed by atoms with Crippen LogP contribution in [-0.2, 0) is 23.1 Å². The van der Waals surface area contributed by atoms with E-state index in [1.165, 1.54) is 10.6 Å². The molecule has 5 nitrogen and oxygen atoms in total. The number of sulfonamides is 1. The summed E-state index contributed by atoms with van der Waals surface area (Å²) in [5.41, 5.74) is 3.70. The van der Waals surface area contributed by atoms with Gasteiger partial charge >= 0.3 is 0 Å². The van der Waals surface area contributed by atoms with Gasteiger partial charge in [0, 0.05) is 17.0 Å². The molecule has 0 unspecified atom stereocenters. The van der Waals surface area contributed by atoms with E-state index in [1.807, 2.05) is 60.8 Å². The Morgan fingerprint density at radius 1 is 1.22 bits per heavy atom. The van der Waals surface area contributed by atoms with Crippen LogP contribution in [0.3, 0.4) is 0 Å². The van der Waals surface area contributed by atoms with E-state index < -0.39 is 10.0 Å². The largest absolute Gasteiger partial charge is 0.486 e. The van der Waals surface area contributed by atoms with Gasteiger partial charge in [-0.15, -0.1) is 11.3 Å². The second-order valence-electron chi connectivity index (χ2n) is 6.68. The van der Waals surface area contributed by atoms with Crippen LogP contribution in [0.4, 0.5) is 5.69 Å². The van der Waals surface area contributed by atoms with Crippen molar-refractivity contribution in [2.24, 2.45) is 0 Å². The van der Waals surface area contributed by atoms with Gasteiger partial charge in [-0.2, -0.15) is 0 Å². The molecule has 0 fully saturated rings. The molecule has 1 atom stereocenters. The van der Waals surface area contributed by atoms with Crippen LogP contribution >= 0.6 is 11.3 Å². The lowest BCUT2D eigenvalue weighted by molar-refractivity contribution is 0.305. The molecule has 0 amide bonds. The fourth-order valence-electron chi connectivity index (χ4n) is 3.44. The summed E-state index contributed by atoms with van der Waals surface area (Å²) >= 11 is 1.56. The number of anilines is 1. The first kappa shape index (κ1) is 18.0. The number of fused-ring (bicyclic) bond motifs is 1. The molecule has 3 aromatic rings. The summed E-state index contributed by atoms with van der Waals surface area (Å²) in [6.07, 6.45) is 1.97. The van der Waals surface area contributed by atoms with E-state index in [0.717, 1.165) is 33.3 Å². The van der Waals surface area contributed by atoms with Gasteiger partial charge in [0.25, 0.3) is 0 Å². The number of rotatable bonds is 5. The molecular formula is C20H20N2O3S2. The third-order valence-electron chi connectivity index (χ3n) is 4.54. The third-order valence-corrected chi connectivity index (χ3v) is 6.64. The quantitative estimate of drug-likeness (QED) is 0.647. The Morgan fingerprint density at radius 2 is 2.00 bits per heavy atom. The molecular weight excluding hydrogens is 380 g/mol. The molecule has 2 aromatic carbocycles. The SMILES string of the molecule is C[C@@H]1Cc2cc(-c3csc(COc4ccccc4)n3)ccc2N1S(C)(=O)=O. The minimum absolute atomic E-state index is 0.0597. The molecule has 140 valence electrons. The molecule has 0 N–H and O–H groups in total. The molecule has 27 heavy (non-hydrogen) atoms. The van der Waals surface area contributed by atoms with E-state index in [4.69, 9.17) is 4.74 Å². The predicted molar refractivity (Wildman–Crippen MR) is 109 cm³/mol. The number of aromatic nitrogens is 1. The van der Waals surface area contributed by atoms with Crippen LogP contribution in [0.5, 0.6) is 5.75 Å². The first-order chi connectivity index (χ1) is 12.9. The van der Waals surface area contributed by atoms with Crippen LogP contribution < -0.4 is 9.04 Å². The van der Waals surface area contributed by atoms with Crippen molar-refractivity contribution in [1.82, 2.24) is 4.98 Å². The van der Waals surface area contributed by atoms with Gasteiger partial charge in [0.2, 0.25) is 10.0 Å². The lowest BCUT2D eigenvalue weighted by Gasteiger charge is -2.21. The van der Waals surface area contributed by atoms with Gasteiger partial charge in [-0.3, -0.25) is 4.31 Å². The van der Waals surface area contributed by atoms with E-state index in [-0.39, 0.29) is 6.04 Å². The Balaban J connectivity index is 1.54. The van der Waals surface area contributed by atoms with Crippen molar-refractivity contribution in [3.8, 4) is 17.0 Å². The highest BCUT2D eigenvalue weighted by Gasteiger charge is 2.32. The summed E-state index contributed by atoms with van der Waals surface area (Å²) in [5, 5.41) is 2.92. The summed E-state index contributed by atoms with van der Waals surface area (Å²) in [5.74, 6) is 0.821. The van der Waals surface area contributed by atoms with Crippen molar-refractivity contribution in [1.29, 1.82) is 0 Å². The van der Waals surface area contributed by atoms with Crippen molar-refractivity contribution in [3.05, 3.63) is 64.5 Å². The van der Waals surface area contributed by atoms with Gasteiger partial charge in [0.1, 0.15) is 17.4 Å². The van der Waals surface area contributed by atoms with Crippen molar-refractivity contribution in [3.63, 3.8) is 0 Å². The van der Waals surface area contributed by atoms with Gasteiger partial charge in [0.05, 0.1) is 17.6 Å². The zero-order valence-electron chi connectivity index (χ0n) is 15.1. The fourth-order valence-corrected chi connectivity index (χ4v) is 5.42. The molecule has 0 aliphatic carbocycles. The van der Waals surface area contributed by atoms with E-state index in [9.17, 15) is 8.42 Å². The average molecular weight is 401 g/mol. The van der Waals surface area contributed by atoms with Crippen LogP contribution in [0.25, 0.3) is 11.3 Å². The van der Waals surface area contributed by atoms with Gasteiger partial charge in [-0.25, -0.2) is 13.4 Å². The molecule has 0 radical (unpaired) electrons. The number of thiazole rings is 1. The average Bonchev–Trinajstić information content (AvgIpc) is 3.23. The minimum Gasteiger partial charge on any atom is -0.486 e. The highest BCUT2D eigenvalue weighted by Crippen LogP contribution is 2.37. The number of benzene rings is 2. The molecule has 0 saturated heterocycles. The van der Waals surface area contributed by atoms with Gasteiger partial charge < -0.3 is 4.74 Å². The first-order valence-electron chi connectivity index (χ1n) is 8.67. The van der Waals surface area contributed by atoms with Crippen LogP contribution in [0.1, 0.15) is 17.5 Å². The molecule has 0 spiro atoms. The Labute approximate surface area is 163 Å². The fraction of sp³-hybridized carbons (Fsp3) is 0.250. The van der Waals surface area contributed by atoms with E-state index in [1.54, 1.807) is 11.3 Å². The summed E-state index contributed by atoms with van der Waals surface area (Å²) in [4.78, 5) is 4.67. The van der Waals surface area contributed by atoms with Crippen LogP contribution in [0, 0.1) is 0 Å². The van der Waals surface area contributed by atoms with Crippen molar-refractivity contribution in [2.45, 2.75) is 26.0 Å². The monoisotopic (exact) mass is 400 g/mol. The molecule has 1 aromatic heterocycles. The minimum atomic E-state index is -3.27. The lowest BCUT2D eigenvalue weighted by Crippen LogP contribution is -2.34. The number of nitrogens with zero attached hydrogens (tertiary/aromatic N) is 2. The maximum atomic E-state index is 12.1. The van der Waals surface area contributed by atoms with Crippen molar-refractivity contribution in [2.75, 3.05) is 10.6 Å². The normalized spacial score (nSPS) is 16.4. The number of ether oxygens (including phenoxy) is 1. The Hall–Kier alpha value is -2.38. The standard InChI is InChI=1S/C20H20N2O3S2/c1-14-10-16-11-15(8-9-19(16)22(14)27(2,23)24)18-13-26-20(21-18)12-25-17-6-4-3-5-7-17/h3-9,11,13-14H,10,12H2,1-2H3/t14-/m1/s1. The molecule has 1 aliphatic rings. The van der Waals surface area contributed by atoms with Crippen LogP contribution in [-0.4, -0.2) is 25.7 Å². The maximum absolute atomic E-state index is 12.1. The summed E-state index contributed by atoms with van der Waals surface area (Å²) in [7, 11) is -3.27. The number of hydrogen-bond donors (Lipinski definition) is 0. The summed E-state index contributed by atoms with van der Waals surface area (Å²) < 4.78 is 31.4. The van der Waals surface area contributed by atoms with Crippen LogP contribution in [0.2, 0.25) is 0 Å². The third kappa shape index (κ3) is 3.70. The second-order valence-corrected chi connectivity index (χ2v) is 9.49. The van der Waals surface area contributed by atoms with E-state index >= 15 is 0 Å². The Bertz CT molecular complexity index is 1060. The first-order valence-corrected chi connectivity index (χ1v) is 11.4. The lowest BCUT2D eigenvalue weighted by atomic mass is 10.1. The second kappa shape index (κ2) is 6.98. The van der Waals surface area contributed by atoms with Gasteiger partial charge in [-0.1, -0.05) is 24.3 Å². The highest BCUT2D eigenvalue weighted by molar-refractivity contribution is 7.92. The predicted octanol–water partition coefficient (Wildman–Crippen LogP) is 4.10. The highest BCUT2D eigenvalue weighted by atomic mass is 32.2. The van der Waals surface area contributed by atoms with Crippen molar-refractivity contribution >= 4 is 27.0 Å². The topological polar surface area (TPSA) is 59.5 Å². The molecule has 0 saturated carbocycles. The zero-order chi connectivity index (χ0) is 19.0. The zero-order valence-corrected chi connectivity index (χ0v) is 16.8. The molecule has 7 heteroatoms. The summed E-state index contributed by atoms with van der Waals surface area (Å²) in [6, 6.07) is 15.5. The van der Waals surface area contributed by atoms with Gasteiger partial charge in [0.15, 0.2) is 0 Å². The van der Waals surface area contributed by atoms with E-state index in [2.05, 4.69) is 4.98 Å². The molecule has 0 bridgehead atoms. The van der Waals surface area contributed by atoms with Crippen molar-refractivity contribution < 1.29 is 13.2 Å². The van der Waals surface area contributed by atoms with E-state index in [0.29, 0.717) is 13.0 Å². The maximum Gasteiger partial charge on any atom is 0.232 e.